The number of fused-ring (bicyclic) bond motifs is 4. The maximum atomic E-state index is 13.7. The van der Waals surface area contributed by atoms with Gasteiger partial charge in [-0.15, -0.1) is 0 Å². The molecule has 0 spiro atoms. The molecule has 4 atom stereocenters. The average Bonchev–Trinajstić information content (AvgIpc) is 3.63. The van der Waals surface area contributed by atoms with Crippen LogP contribution in [0.4, 0.5) is 0 Å². The number of carbonyl (C=O) groups excluding carboxylic acids is 3. The van der Waals surface area contributed by atoms with Gasteiger partial charge in [0.15, 0.2) is 23.0 Å². The van der Waals surface area contributed by atoms with Gasteiger partial charge in [-0.25, -0.2) is 0 Å². The lowest BCUT2D eigenvalue weighted by molar-refractivity contribution is -0.138. The Balaban J connectivity index is 1.56. The molecule has 12 nitrogen and oxygen atoms in total. The summed E-state index contributed by atoms with van der Waals surface area (Å²) in [7, 11) is 1.46. The highest BCUT2D eigenvalue weighted by molar-refractivity contribution is 5.96. The van der Waals surface area contributed by atoms with Crippen LogP contribution in [0.25, 0.3) is 0 Å². The summed E-state index contributed by atoms with van der Waals surface area (Å²) in [5.41, 5.74) is 2.06. The third-order valence-electron chi connectivity index (χ3n) is 7.88. The number of aliphatic hydroxyl groups is 3. The number of ketones is 1. The van der Waals surface area contributed by atoms with Gasteiger partial charge in [-0.3, -0.25) is 9.59 Å². The zero-order valence-corrected chi connectivity index (χ0v) is 24.1. The fourth-order valence-electron chi connectivity index (χ4n) is 5.85. The first kappa shape index (κ1) is 30.3. The average molecular weight is 597 g/mol. The Hall–Kier alpha value is -4.13. The minimum absolute atomic E-state index is 0.000612. The number of Topliss-reactive ketones (excluding diaryl/α,β-unsaturated/α-hetero) is 1. The van der Waals surface area contributed by atoms with Gasteiger partial charge in [-0.05, 0) is 54.8 Å². The van der Waals surface area contributed by atoms with Crippen LogP contribution in [-0.2, 0) is 27.5 Å². The molecule has 5 rings (SSSR count). The summed E-state index contributed by atoms with van der Waals surface area (Å²) >= 11 is 0. The number of aliphatic hydroxyl groups excluding tert-OH is 3. The maximum Gasteiger partial charge on any atom is 0.247 e. The molecular formula is C31H36N2O10. The third kappa shape index (κ3) is 6.17. The minimum atomic E-state index is -1.26. The summed E-state index contributed by atoms with van der Waals surface area (Å²) in [6.45, 7) is 1.07. The van der Waals surface area contributed by atoms with Crippen LogP contribution in [0.2, 0.25) is 0 Å². The van der Waals surface area contributed by atoms with E-state index < -0.39 is 30.1 Å². The molecule has 12 heteroatoms. The third-order valence-corrected chi connectivity index (χ3v) is 7.88. The zero-order chi connectivity index (χ0) is 30.7. The number of hydrogen-bond donors (Lipinski definition) is 4. The van der Waals surface area contributed by atoms with Gasteiger partial charge in [0.2, 0.25) is 18.6 Å². The number of rotatable bonds is 12. The van der Waals surface area contributed by atoms with E-state index in [0.717, 1.165) is 0 Å². The van der Waals surface area contributed by atoms with Crippen LogP contribution < -0.4 is 24.3 Å². The van der Waals surface area contributed by atoms with E-state index in [1.165, 1.54) is 18.9 Å². The molecule has 2 aliphatic heterocycles. The number of methoxy groups -OCH3 is 1. The number of benzene rings is 2. The number of nitrogens with one attached hydrogen (secondary N) is 1. The normalized spacial score (nSPS) is 21.3. The molecule has 2 aromatic carbocycles. The van der Waals surface area contributed by atoms with E-state index in [1.54, 1.807) is 36.4 Å². The fraction of sp³-hybridized carbons (Fsp3) is 0.452. The molecule has 0 saturated heterocycles. The van der Waals surface area contributed by atoms with Gasteiger partial charge < -0.3 is 49.3 Å². The van der Waals surface area contributed by atoms with E-state index in [0.29, 0.717) is 46.1 Å². The molecule has 2 amide bonds. The smallest absolute Gasteiger partial charge is 0.247 e. The SMILES string of the molecule is COc1cc(CO)cc2c1O[C@@H]1[C@@H](O)[C@H](N(Cc3ccc4c(c3)OCO4)C(=O)CCCC(C)=O)C=C(C(=O)NCCO)[C@H]21. The van der Waals surface area contributed by atoms with Crippen molar-refractivity contribution < 1.29 is 48.7 Å². The molecule has 1 aliphatic carbocycles. The van der Waals surface area contributed by atoms with Gasteiger partial charge >= 0.3 is 0 Å². The predicted octanol–water partition coefficient (Wildman–Crippen LogP) is 1.33. The topological polar surface area (TPSA) is 164 Å². The van der Waals surface area contributed by atoms with Gasteiger partial charge in [0, 0.05) is 37.1 Å². The van der Waals surface area contributed by atoms with Crippen molar-refractivity contribution >= 4 is 17.6 Å². The summed E-state index contributed by atoms with van der Waals surface area (Å²) in [6, 6.07) is 7.65. The van der Waals surface area contributed by atoms with Crippen LogP contribution in [0.1, 0.15) is 48.8 Å². The standard InChI is InChI=1S/C31H36N2O10/c1-17(36)4-3-5-26(37)33(14-18-6-7-23-24(11-18)42-16-41-23)22-13-21(31(39)32-8-9-34)27-20-10-19(15-35)12-25(40-2)29(20)43-30(27)28(22)38/h6-7,10-13,22,27-28,30,34-35,38H,3-5,8-9,14-16H2,1-2H3,(H,32,39)/t22-,27+,28+,30+/m1/s1. The molecule has 2 heterocycles. The summed E-state index contributed by atoms with van der Waals surface area (Å²) < 4.78 is 22.7. The highest BCUT2D eigenvalue weighted by Gasteiger charge is 2.51. The Kier molecular flexibility index (Phi) is 9.19. The quantitative estimate of drug-likeness (QED) is 0.281. The molecular weight excluding hydrogens is 560 g/mol. The Morgan fingerprint density at radius 3 is 2.58 bits per heavy atom. The molecule has 0 unspecified atom stereocenters. The molecule has 3 aliphatic rings. The zero-order valence-electron chi connectivity index (χ0n) is 24.1. The highest BCUT2D eigenvalue weighted by Crippen LogP contribution is 2.51. The first-order chi connectivity index (χ1) is 20.7. The molecule has 230 valence electrons. The molecule has 0 bridgehead atoms. The first-order valence-electron chi connectivity index (χ1n) is 14.2. The van der Waals surface area contributed by atoms with E-state index in [-0.39, 0.29) is 63.2 Å². The number of nitrogens with zero attached hydrogens (tertiary/aromatic N) is 1. The summed E-state index contributed by atoms with van der Waals surface area (Å²) in [6.07, 6.45) is -0.0394. The van der Waals surface area contributed by atoms with Crippen molar-refractivity contribution in [1.29, 1.82) is 0 Å². The van der Waals surface area contributed by atoms with Crippen LogP contribution in [-0.4, -0.2) is 83.1 Å². The molecule has 0 saturated carbocycles. The van der Waals surface area contributed by atoms with Crippen LogP contribution in [0.15, 0.2) is 42.0 Å². The van der Waals surface area contributed by atoms with E-state index in [4.69, 9.17) is 18.9 Å². The fourth-order valence-corrected chi connectivity index (χ4v) is 5.85. The highest BCUT2D eigenvalue weighted by atomic mass is 16.7. The van der Waals surface area contributed by atoms with Crippen molar-refractivity contribution in [3.8, 4) is 23.0 Å². The van der Waals surface area contributed by atoms with Crippen molar-refractivity contribution in [2.24, 2.45) is 0 Å². The van der Waals surface area contributed by atoms with Crippen molar-refractivity contribution in [3.05, 3.63) is 58.7 Å². The number of hydrogen-bond acceptors (Lipinski definition) is 10. The van der Waals surface area contributed by atoms with Gasteiger partial charge in [0.05, 0.1) is 32.3 Å². The van der Waals surface area contributed by atoms with E-state index in [1.807, 2.05) is 0 Å². The minimum Gasteiger partial charge on any atom is -0.493 e. The van der Waals surface area contributed by atoms with Crippen molar-refractivity contribution in [2.75, 3.05) is 27.1 Å². The lowest BCUT2D eigenvalue weighted by Gasteiger charge is -2.41. The number of ether oxygens (including phenoxy) is 4. The lowest BCUT2D eigenvalue weighted by Crippen LogP contribution is -2.55. The summed E-state index contributed by atoms with van der Waals surface area (Å²) in [5.74, 6) is 0.220. The van der Waals surface area contributed by atoms with Gasteiger partial charge in [0.1, 0.15) is 18.0 Å². The van der Waals surface area contributed by atoms with Crippen LogP contribution in [0, 0.1) is 0 Å². The van der Waals surface area contributed by atoms with Crippen LogP contribution in [0.3, 0.4) is 0 Å². The molecule has 0 radical (unpaired) electrons. The summed E-state index contributed by atoms with van der Waals surface area (Å²) in [5, 5.41) is 33.7. The second-order valence-corrected chi connectivity index (χ2v) is 10.8. The first-order valence-corrected chi connectivity index (χ1v) is 14.2. The van der Waals surface area contributed by atoms with Gasteiger partial charge in [0.25, 0.3) is 0 Å². The molecule has 0 aromatic heterocycles. The van der Waals surface area contributed by atoms with E-state index >= 15 is 0 Å². The second kappa shape index (κ2) is 13.0. The Morgan fingerprint density at radius 1 is 1.07 bits per heavy atom. The van der Waals surface area contributed by atoms with E-state index in [9.17, 15) is 29.7 Å². The van der Waals surface area contributed by atoms with E-state index in [2.05, 4.69) is 5.32 Å². The second-order valence-electron chi connectivity index (χ2n) is 10.8. The molecule has 4 N–H and O–H groups in total. The van der Waals surface area contributed by atoms with Crippen LogP contribution >= 0.6 is 0 Å². The van der Waals surface area contributed by atoms with Crippen molar-refractivity contribution in [1.82, 2.24) is 10.2 Å². The predicted molar refractivity (Wildman–Crippen MR) is 152 cm³/mol. The number of amides is 2. The van der Waals surface area contributed by atoms with Crippen molar-refractivity contribution in [3.63, 3.8) is 0 Å². The molecule has 0 fully saturated rings. The van der Waals surface area contributed by atoms with Gasteiger partial charge in [-0.1, -0.05) is 6.07 Å². The lowest BCUT2D eigenvalue weighted by atomic mass is 9.77. The number of carbonyl (C=O) groups is 3. The monoisotopic (exact) mass is 596 g/mol. The summed E-state index contributed by atoms with van der Waals surface area (Å²) in [4.78, 5) is 40.3. The Bertz CT molecular complexity index is 1420. The van der Waals surface area contributed by atoms with Crippen LogP contribution in [0.5, 0.6) is 23.0 Å². The Labute approximate surface area is 248 Å². The van der Waals surface area contributed by atoms with Crippen molar-refractivity contribution in [2.45, 2.75) is 63.5 Å². The maximum absolute atomic E-state index is 13.7. The van der Waals surface area contributed by atoms with Gasteiger partial charge in [-0.2, -0.15) is 0 Å². The molecule has 43 heavy (non-hydrogen) atoms. The Morgan fingerprint density at radius 2 is 1.86 bits per heavy atom. The largest absolute Gasteiger partial charge is 0.493 e. The molecule has 2 aromatic rings.